The molecule has 0 aliphatic carbocycles. The van der Waals surface area contributed by atoms with Gasteiger partial charge in [-0.1, -0.05) is 0 Å². The predicted molar refractivity (Wildman–Crippen MR) is 73.3 cm³/mol. The summed E-state index contributed by atoms with van der Waals surface area (Å²) in [6.07, 6.45) is 0. The van der Waals surface area contributed by atoms with Crippen LogP contribution < -0.4 is 5.32 Å². The number of aromatic amines is 1. The van der Waals surface area contributed by atoms with E-state index in [1.807, 2.05) is 0 Å². The third-order valence-electron chi connectivity index (χ3n) is 2.87. The molecule has 6 heteroatoms. The second-order valence-corrected chi connectivity index (χ2v) is 4.50. The molecule has 1 heterocycles. The number of hydrogen-bond donors (Lipinski definition) is 4. The topological polar surface area (TPSA) is 102 Å². The van der Waals surface area contributed by atoms with Crippen LogP contribution in [0.25, 0.3) is 0 Å². The predicted octanol–water partition coefficient (Wildman–Crippen LogP) is 2.29. The van der Waals surface area contributed by atoms with Crippen LogP contribution in [-0.4, -0.2) is 27.1 Å². The number of anilines is 1. The van der Waals surface area contributed by atoms with E-state index < -0.39 is 11.9 Å². The lowest BCUT2D eigenvalue weighted by atomic mass is 10.1. The van der Waals surface area contributed by atoms with Gasteiger partial charge in [0, 0.05) is 11.3 Å². The molecule has 0 spiro atoms. The zero-order chi connectivity index (χ0) is 14.9. The van der Waals surface area contributed by atoms with Gasteiger partial charge < -0.3 is 20.5 Å². The summed E-state index contributed by atoms with van der Waals surface area (Å²) in [5.74, 6) is -1.50. The summed E-state index contributed by atoms with van der Waals surface area (Å²) in [4.78, 5) is 25.9. The summed E-state index contributed by atoms with van der Waals surface area (Å²) < 4.78 is 0. The van der Waals surface area contributed by atoms with Crippen LogP contribution >= 0.6 is 0 Å². The lowest BCUT2D eigenvalue weighted by Gasteiger charge is -2.07. The maximum absolute atomic E-state index is 12.1. The molecular weight excluding hydrogens is 260 g/mol. The average Bonchev–Trinajstić information content (AvgIpc) is 2.70. The fourth-order valence-corrected chi connectivity index (χ4v) is 1.95. The van der Waals surface area contributed by atoms with Crippen LogP contribution in [0.4, 0.5) is 5.69 Å². The highest BCUT2D eigenvalue weighted by molar-refractivity contribution is 6.08. The number of carboxylic acid groups (broad SMARTS) is 1. The molecule has 2 rings (SSSR count). The monoisotopic (exact) mass is 274 g/mol. The smallest absolute Gasteiger partial charge is 0.354 e. The van der Waals surface area contributed by atoms with Gasteiger partial charge in [-0.3, -0.25) is 4.79 Å². The Hall–Kier alpha value is -2.76. The maximum atomic E-state index is 12.1. The van der Waals surface area contributed by atoms with Gasteiger partial charge in [0.25, 0.3) is 5.91 Å². The fraction of sp³-hybridized carbons (Fsp3) is 0.143. The normalized spacial score (nSPS) is 10.3. The Bertz CT molecular complexity index is 688. The number of aromatic hydroxyl groups is 1. The van der Waals surface area contributed by atoms with Crippen molar-refractivity contribution >= 4 is 17.6 Å². The van der Waals surface area contributed by atoms with Crippen LogP contribution in [-0.2, 0) is 0 Å². The van der Waals surface area contributed by atoms with E-state index in [-0.39, 0.29) is 17.1 Å². The summed E-state index contributed by atoms with van der Waals surface area (Å²) in [5.41, 5.74) is 1.77. The lowest BCUT2D eigenvalue weighted by molar-refractivity contribution is 0.0692. The second kappa shape index (κ2) is 5.08. The van der Waals surface area contributed by atoms with E-state index in [1.165, 1.54) is 18.2 Å². The maximum Gasteiger partial charge on any atom is 0.354 e. The first-order valence-corrected chi connectivity index (χ1v) is 5.92. The number of hydrogen-bond acceptors (Lipinski definition) is 3. The zero-order valence-corrected chi connectivity index (χ0v) is 11.0. The highest BCUT2D eigenvalue weighted by Gasteiger charge is 2.17. The summed E-state index contributed by atoms with van der Waals surface area (Å²) in [5, 5.41) is 20.9. The minimum atomic E-state index is -1.14. The minimum Gasteiger partial charge on any atom is -0.508 e. The van der Waals surface area contributed by atoms with Crippen molar-refractivity contribution in [3.05, 3.63) is 46.8 Å². The van der Waals surface area contributed by atoms with Crippen LogP contribution in [0, 0.1) is 13.8 Å². The van der Waals surface area contributed by atoms with Crippen molar-refractivity contribution in [2.75, 3.05) is 5.32 Å². The van der Waals surface area contributed by atoms with Crippen molar-refractivity contribution in [1.82, 2.24) is 4.98 Å². The molecule has 0 atom stereocenters. The minimum absolute atomic E-state index is 0.0627. The van der Waals surface area contributed by atoms with Crippen molar-refractivity contribution in [2.24, 2.45) is 0 Å². The van der Waals surface area contributed by atoms with Crippen molar-refractivity contribution in [3.8, 4) is 5.75 Å². The number of aromatic carboxylic acids is 1. The number of aromatic nitrogens is 1. The summed E-state index contributed by atoms with van der Waals surface area (Å²) in [6.45, 7) is 3.39. The van der Waals surface area contributed by atoms with Gasteiger partial charge in [-0.05, 0) is 43.7 Å². The van der Waals surface area contributed by atoms with E-state index in [4.69, 9.17) is 5.11 Å². The zero-order valence-electron chi connectivity index (χ0n) is 11.0. The highest BCUT2D eigenvalue weighted by atomic mass is 16.4. The quantitative estimate of drug-likeness (QED) is 0.689. The molecule has 0 aliphatic heterocycles. The Morgan fingerprint density at radius 2 is 1.90 bits per heavy atom. The highest BCUT2D eigenvalue weighted by Crippen LogP contribution is 2.20. The Balaban J connectivity index is 2.30. The molecule has 0 saturated heterocycles. The number of amides is 1. The van der Waals surface area contributed by atoms with Crippen molar-refractivity contribution in [2.45, 2.75) is 13.8 Å². The molecule has 1 aromatic carbocycles. The Kier molecular flexibility index (Phi) is 3.47. The number of H-pyrrole nitrogens is 1. The third-order valence-corrected chi connectivity index (χ3v) is 2.87. The summed E-state index contributed by atoms with van der Waals surface area (Å²) in [6, 6.07) is 5.91. The first-order chi connectivity index (χ1) is 9.38. The third kappa shape index (κ3) is 2.64. The van der Waals surface area contributed by atoms with Crippen LogP contribution in [0.5, 0.6) is 5.75 Å². The first kappa shape index (κ1) is 13.7. The van der Waals surface area contributed by atoms with Crippen LogP contribution in [0.15, 0.2) is 24.3 Å². The molecule has 0 bridgehead atoms. The molecular formula is C14H14N2O4. The lowest BCUT2D eigenvalue weighted by Crippen LogP contribution is -2.15. The Morgan fingerprint density at radius 1 is 1.20 bits per heavy atom. The number of phenols is 1. The van der Waals surface area contributed by atoms with Gasteiger partial charge in [-0.25, -0.2) is 4.79 Å². The molecule has 104 valence electrons. The number of benzene rings is 1. The van der Waals surface area contributed by atoms with Gasteiger partial charge in [0.1, 0.15) is 11.4 Å². The van der Waals surface area contributed by atoms with Crippen molar-refractivity contribution in [3.63, 3.8) is 0 Å². The number of rotatable bonds is 3. The molecule has 0 radical (unpaired) electrons. The second-order valence-electron chi connectivity index (χ2n) is 4.50. The molecule has 6 nitrogen and oxygen atoms in total. The average molecular weight is 274 g/mol. The van der Waals surface area contributed by atoms with Gasteiger partial charge >= 0.3 is 5.97 Å². The number of aryl methyl sites for hydroxylation is 2. The fourth-order valence-electron chi connectivity index (χ4n) is 1.95. The number of nitrogens with one attached hydrogen (secondary N) is 2. The van der Waals surface area contributed by atoms with Gasteiger partial charge in [-0.2, -0.15) is 0 Å². The number of carbonyl (C=O) groups excluding carboxylic acids is 1. The molecule has 1 aromatic heterocycles. The van der Waals surface area contributed by atoms with E-state index in [0.29, 0.717) is 16.8 Å². The number of carboxylic acids is 1. The molecule has 4 N–H and O–H groups in total. The van der Waals surface area contributed by atoms with E-state index in [0.717, 1.165) is 0 Å². The van der Waals surface area contributed by atoms with E-state index in [9.17, 15) is 14.7 Å². The molecule has 1 amide bonds. The Labute approximate surface area is 115 Å². The molecule has 0 aliphatic rings. The van der Waals surface area contributed by atoms with Gasteiger partial charge in [0.05, 0.1) is 5.69 Å². The molecule has 0 saturated carbocycles. The molecule has 20 heavy (non-hydrogen) atoms. The molecule has 0 fully saturated rings. The summed E-state index contributed by atoms with van der Waals surface area (Å²) in [7, 11) is 0. The summed E-state index contributed by atoms with van der Waals surface area (Å²) >= 11 is 0. The van der Waals surface area contributed by atoms with E-state index in [2.05, 4.69) is 10.3 Å². The standard InChI is InChI=1S/C14H14N2O4/c1-7-5-9(17)3-4-10(7)13(18)16-11-6-8(2)15-12(11)14(19)20/h3-6,15,17H,1-2H3,(H,16,18)(H,19,20). The number of phenolic OH excluding ortho intramolecular Hbond substituents is 1. The van der Waals surface area contributed by atoms with Gasteiger partial charge in [0.2, 0.25) is 0 Å². The van der Waals surface area contributed by atoms with Gasteiger partial charge in [-0.15, -0.1) is 0 Å². The SMILES string of the molecule is Cc1cc(NC(=O)c2ccc(O)cc2C)c(C(=O)O)[nH]1. The van der Waals surface area contributed by atoms with E-state index >= 15 is 0 Å². The van der Waals surface area contributed by atoms with Crippen molar-refractivity contribution < 1.29 is 19.8 Å². The van der Waals surface area contributed by atoms with Crippen LogP contribution in [0.3, 0.4) is 0 Å². The van der Waals surface area contributed by atoms with Crippen LogP contribution in [0.2, 0.25) is 0 Å². The van der Waals surface area contributed by atoms with Crippen molar-refractivity contribution in [1.29, 1.82) is 0 Å². The molecule has 0 unspecified atom stereocenters. The Morgan fingerprint density at radius 3 is 2.50 bits per heavy atom. The largest absolute Gasteiger partial charge is 0.508 e. The van der Waals surface area contributed by atoms with E-state index in [1.54, 1.807) is 19.9 Å². The number of carbonyl (C=O) groups is 2. The first-order valence-electron chi connectivity index (χ1n) is 5.92. The van der Waals surface area contributed by atoms with Gasteiger partial charge in [0.15, 0.2) is 0 Å². The van der Waals surface area contributed by atoms with Crippen LogP contribution in [0.1, 0.15) is 32.1 Å². The molecule has 2 aromatic rings.